The summed E-state index contributed by atoms with van der Waals surface area (Å²) in [4.78, 5) is 0. The molecule has 1 atom stereocenters. The van der Waals surface area contributed by atoms with Gasteiger partial charge in [0.15, 0.2) is 11.5 Å². The number of ether oxygens (including phenoxy) is 2. The van der Waals surface area contributed by atoms with Gasteiger partial charge < -0.3 is 19.9 Å². The summed E-state index contributed by atoms with van der Waals surface area (Å²) in [6.07, 6.45) is 0.838. The fourth-order valence-electron chi connectivity index (χ4n) is 2.40. The Kier molecular flexibility index (Phi) is 8.32. The second-order valence-corrected chi connectivity index (χ2v) is 7.05. The quantitative estimate of drug-likeness (QED) is 0.595. The lowest BCUT2D eigenvalue weighted by Gasteiger charge is -2.17. The lowest BCUT2D eigenvalue weighted by molar-refractivity contribution is 0.238. The Hall–Kier alpha value is -1.17. The molecule has 7 heteroatoms. The molecule has 2 rings (SSSR count). The normalized spacial score (nSPS) is 12.1. The molecule has 2 aromatic carbocycles. The van der Waals surface area contributed by atoms with Crippen LogP contribution in [0.4, 0.5) is 0 Å². The van der Waals surface area contributed by atoms with Crippen LogP contribution in [-0.2, 0) is 13.2 Å². The third-order valence-electron chi connectivity index (χ3n) is 3.98. The Morgan fingerprint density at radius 1 is 1.12 bits per heavy atom. The van der Waals surface area contributed by atoms with Crippen molar-refractivity contribution in [3.05, 3.63) is 56.5 Å². The van der Waals surface area contributed by atoms with Gasteiger partial charge in [-0.25, -0.2) is 0 Å². The van der Waals surface area contributed by atoms with Crippen LogP contribution < -0.4 is 14.8 Å². The van der Waals surface area contributed by atoms with E-state index in [0.29, 0.717) is 33.1 Å². The SMILES string of the molecule is CCC(CO)NCc1cc(Cl)c(OCc2ccc(Cl)cc2Cl)c(OC)c1. The molecule has 0 aliphatic carbocycles. The molecule has 0 heterocycles. The van der Waals surface area contributed by atoms with E-state index in [4.69, 9.17) is 44.3 Å². The van der Waals surface area contributed by atoms with E-state index in [1.165, 1.54) is 0 Å². The molecule has 0 aliphatic rings. The van der Waals surface area contributed by atoms with Crippen LogP contribution in [0.5, 0.6) is 11.5 Å². The topological polar surface area (TPSA) is 50.7 Å². The first kappa shape index (κ1) is 21.1. The molecule has 0 aliphatic heterocycles. The van der Waals surface area contributed by atoms with Crippen molar-refractivity contribution >= 4 is 34.8 Å². The maximum Gasteiger partial charge on any atom is 0.180 e. The maximum absolute atomic E-state index is 9.27. The summed E-state index contributed by atoms with van der Waals surface area (Å²) in [5, 5.41) is 14.1. The number of hydrogen-bond donors (Lipinski definition) is 2. The molecule has 0 amide bonds. The molecule has 0 radical (unpaired) electrons. The first-order valence-electron chi connectivity index (χ1n) is 8.25. The Morgan fingerprint density at radius 2 is 1.88 bits per heavy atom. The van der Waals surface area contributed by atoms with Gasteiger partial charge in [0.05, 0.1) is 18.7 Å². The Morgan fingerprint density at radius 3 is 2.50 bits per heavy atom. The van der Waals surface area contributed by atoms with E-state index in [-0.39, 0.29) is 19.3 Å². The zero-order valence-electron chi connectivity index (χ0n) is 14.7. The first-order valence-corrected chi connectivity index (χ1v) is 9.39. The number of aliphatic hydroxyl groups is 1. The van der Waals surface area contributed by atoms with Gasteiger partial charge in [-0.1, -0.05) is 47.8 Å². The number of nitrogens with one attached hydrogen (secondary N) is 1. The van der Waals surface area contributed by atoms with E-state index < -0.39 is 0 Å². The lowest BCUT2D eigenvalue weighted by Crippen LogP contribution is -2.31. The van der Waals surface area contributed by atoms with Gasteiger partial charge in [0.1, 0.15) is 6.61 Å². The van der Waals surface area contributed by atoms with Crippen molar-refractivity contribution in [3.63, 3.8) is 0 Å². The second-order valence-electron chi connectivity index (χ2n) is 5.80. The van der Waals surface area contributed by atoms with Crippen molar-refractivity contribution in [2.45, 2.75) is 32.5 Å². The summed E-state index contributed by atoms with van der Waals surface area (Å²) in [5.41, 5.74) is 1.74. The van der Waals surface area contributed by atoms with Crippen molar-refractivity contribution in [2.24, 2.45) is 0 Å². The van der Waals surface area contributed by atoms with Gasteiger partial charge in [-0.15, -0.1) is 0 Å². The molecule has 0 bridgehead atoms. The number of halogens is 3. The number of aliphatic hydroxyl groups excluding tert-OH is 1. The molecule has 4 nitrogen and oxygen atoms in total. The van der Waals surface area contributed by atoms with Crippen molar-refractivity contribution < 1.29 is 14.6 Å². The van der Waals surface area contributed by atoms with E-state index in [1.54, 1.807) is 19.2 Å². The molecular formula is C19H22Cl3NO3. The first-order chi connectivity index (χ1) is 12.5. The molecule has 0 saturated heterocycles. The molecule has 2 aromatic rings. The summed E-state index contributed by atoms with van der Waals surface area (Å²) in [7, 11) is 1.56. The van der Waals surface area contributed by atoms with Gasteiger partial charge in [0.25, 0.3) is 0 Å². The molecule has 0 saturated carbocycles. The van der Waals surface area contributed by atoms with Gasteiger partial charge in [-0.2, -0.15) is 0 Å². The largest absolute Gasteiger partial charge is 0.493 e. The minimum absolute atomic E-state index is 0.0442. The van der Waals surface area contributed by atoms with E-state index in [9.17, 15) is 5.11 Å². The minimum atomic E-state index is 0.0442. The van der Waals surface area contributed by atoms with E-state index in [1.807, 2.05) is 25.1 Å². The fraction of sp³-hybridized carbons (Fsp3) is 0.368. The predicted octanol–water partition coefficient (Wildman–Crippen LogP) is 5.09. The monoisotopic (exact) mass is 417 g/mol. The summed E-state index contributed by atoms with van der Waals surface area (Å²) in [6, 6.07) is 8.96. The van der Waals surface area contributed by atoms with Gasteiger partial charge in [-0.3, -0.25) is 0 Å². The Bertz CT molecular complexity index is 736. The summed E-state index contributed by atoms with van der Waals surface area (Å²) < 4.78 is 11.3. The van der Waals surface area contributed by atoms with Crippen LogP contribution in [0.3, 0.4) is 0 Å². The van der Waals surface area contributed by atoms with E-state index in [2.05, 4.69) is 5.32 Å². The average molecular weight is 419 g/mol. The Balaban J connectivity index is 2.13. The van der Waals surface area contributed by atoms with Crippen molar-refractivity contribution in [1.29, 1.82) is 0 Å². The predicted molar refractivity (Wildman–Crippen MR) is 107 cm³/mol. The molecule has 26 heavy (non-hydrogen) atoms. The third kappa shape index (κ3) is 5.66. The molecule has 1 unspecified atom stereocenters. The highest BCUT2D eigenvalue weighted by Crippen LogP contribution is 2.37. The molecule has 0 aromatic heterocycles. The zero-order valence-corrected chi connectivity index (χ0v) is 17.0. The molecule has 2 N–H and O–H groups in total. The molecular weight excluding hydrogens is 397 g/mol. The number of benzene rings is 2. The van der Waals surface area contributed by atoms with Crippen LogP contribution in [-0.4, -0.2) is 24.9 Å². The van der Waals surface area contributed by atoms with Crippen LogP contribution in [0.2, 0.25) is 15.1 Å². The van der Waals surface area contributed by atoms with Crippen LogP contribution >= 0.6 is 34.8 Å². The minimum Gasteiger partial charge on any atom is -0.493 e. The van der Waals surface area contributed by atoms with Gasteiger partial charge in [0, 0.05) is 28.2 Å². The van der Waals surface area contributed by atoms with Gasteiger partial charge in [-0.05, 0) is 36.2 Å². The van der Waals surface area contributed by atoms with Crippen molar-refractivity contribution in [3.8, 4) is 11.5 Å². The Labute approximate surface area is 169 Å². The molecule has 0 fully saturated rings. The van der Waals surface area contributed by atoms with Crippen molar-refractivity contribution in [2.75, 3.05) is 13.7 Å². The average Bonchev–Trinajstić information content (AvgIpc) is 2.62. The van der Waals surface area contributed by atoms with Gasteiger partial charge in [0.2, 0.25) is 0 Å². The standard InChI is InChI=1S/C19H22Cl3NO3/c1-3-15(10-24)23-9-12-6-17(22)19(18(7-12)25-2)26-11-13-4-5-14(20)8-16(13)21/h4-8,15,23-24H,3,9-11H2,1-2H3. The smallest absolute Gasteiger partial charge is 0.180 e. The number of methoxy groups -OCH3 is 1. The van der Waals surface area contributed by atoms with Crippen LogP contribution in [0.15, 0.2) is 30.3 Å². The molecule has 0 spiro atoms. The summed E-state index contributed by atoms with van der Waals surface area (Å²) >= 11 is 18.5. The summed E-state index contributed by atoms with van der Waals surface area (Å²) in [6.45, 7) is 2.91. The highest BCUT2D eigenvalue weighted by Gasteiger charge is 2.14. The summed E-state index contributed by atoms with van der Waals surface area (Å²) in [5.74, 6) is 0.995. The van der Waals surface area contributed by atoms with E-state index >= 15 is 0 Å². The van der Waals surface area contributed by atoms with E-state index in [0.717, 1.165) is 17.5 Å². The molecule has 142 valence electrons. The number of rotatable bonds is 9. The maximum atomic E-state index is 9.27. The highest BCUT2D eigenvalue weighted by atomic mass is 35.5. The number of hydrogen-bond acceptors (Lipinski definition) is 4. The highest BCUT2D eigenvalue weighted by molar-refractivity contribution is 6.35. The van der Waals surface area contributed by atoms with Crippen LogP contribution in [0.25, 0.3) is 0 Å². The third-order valence-corrected chi connectivity index (χ3v) is 4.85. The van der Waals surface area contributed by atoms with Gasteiger partial charge >= 0.3 is 0 Å². The lowest BCUT2D eigenvalue weighted by atomic mass is 10.1. The van der Waals surface area contributed by atoms with Crippen LogP contribution in [0.1, 0.15) is 24.5 Å². The van der Waals surface area contributed by atoms with Crippen LogP contribution in [0, 0.1) is 0 Å². The second kappa shape index (κ2) is 10.2. The van der Waals surface area contributed by atoms with Crippen molar-refractivity contribution in [1.82, 2.24) is 5.32 Å². The fourth-order valence-corrected chi connectivity index (χ4v) is 3.16. The zero-order chi connectivity index (χ0) is 19.1.